The molecule has 1 fully saturated rings. The molecular formula is C51H48N4O6S. The summed E-state index contributed by atoms with van der Waals surface area (Å²) >= 11 is 1.52. The fourth-order valence-electron chi connectivity index (χ4n) is 7.42. The topological polar surface area (TPSA) is 149 Å². The van der Waals surface area contributed by atoms with Gasteiger partial charge < -0.3 is 35.4 Å². The number of rotatable bonds is 16. The number of aromatic nitrogens is 1. The van der Waals surface area contributed by atoms with Gasteiger partial charge in [0.15, 0.2) is 12.1 Å². The van der Waals surface area contributed by atoms with E-state index >= 15 is 0 Å². The van der Waals surface area contributed by atoms with Crippen molar-refractivity contribution in [2.24, 2.45) is 0 Å². The number of hydrogen-bond acceptors (Lipinski definition) is 9. The van der Waals surface area contributed by atoms with Crippen molar-refractivity contribution in [3.63, 3.8) is 0 Å². The molecule has 2 amide bonds. The average Bonchev–Trinajstić information content (AvgIpc) is 3.76. The maximum absolute atomic E-state index is 12.8. The van der Waals surface area contributed by atoms with Gasteiger partial charge in [-0.2, -0.15) is 0 Å². The van der Waals surface area contributed by atoms with Gasteiger partial charge in [-0.25, -0.2) is 4.98 Å². The average molecular weight is 845 g/mol. The summed E-state index contributed by atoms with van der Waals surface area (Å²) < 4.78 is 19.8. The highest BCUT2D eigenvalue weighted by Crippen LogP contribution is 2.41. The number of nitrogens with one attached hydrogen (secondary N) is 2. The lowest BCUT2D eigenvalue weighted by Crippen LogP contribution is -2.31. The van der Waals surface area contributed by atoms with Crippen LogP contribution in [0, 0.1) is 0 Å². The monoisotopic (exact) mass is 844 g/mol. The fourth-order valence-corrected chi connectivity index (χ4v) is 8.26. The largest absolute Gasteiger partial charge is 0.431 e. The minimum absolute atomic E-state index is 0.0308. The molecule has 0 spiro atoms. The number of para-hydroxylation sites is 2. The Balaban J connectivity index is 0.934. The third-order valence-corrected chi connectivity index (χ3v) is 11.7. The second kappa shape index (κ2) is 20.4. The molecule has 0 bridgehead atoms. The minimum atomic E-state index is -0.642. The molecule has 7 aromatic rings. The van der Waals surface area contributed by atoms with Gasteiger partial charge in [0.25, 0.3) is 5.22 Å². The van der Waals surface area contributed by atoms with Gasteiger partial charge in [-0.05, 0) is 46.4 Å². The number of benzene rings is 6. The Bertz CT molecular complexity index is 2510. The van der Waals surface area contributed by atoms with Crippen molar-refractivity contribution < 1.29 is 28.6 Å². The Morgan fingerprint density at radius 1 is 0.710 bits per heavy atom. The van der Waals surface area contributed by atoms with Crippen molar-refractivity contribution >= 4 is 35.0 Å². The molecule has 10 nitrogen and oxygen atoms in total. The maximum Gasteiger partial charge on any atom is 0.256 e. The first kappa shape index (κ1) is 42.2. The van der Waals surface area contributed by atoms with Gasteiger partial charge in [0, 0.05) is 48.3 Å². The molecule has 0 radical (unpaired) electrons. The number of aliphatic hydroxyl groups is 1. The van der Waals surface area contributed by atoms with Crippen LogP contribution in [0.5, 0.6) is 0 Å². The summed E-state index contributed by atoms with van der Waals surface area (Å²) in [7, 11) is 0. The van der Waals surface area contributed by atoms with Gasteiger partial charge >= 0.3 is 0 Å². The number of carbonyl (C=O) groups is 2. The van der Waals surface area contributed by atoms with E-state index in [4.69, 9.17) is 24.6 Å². The molecular weight excluding hydrogens is 797 g/mol. The van der Waals surface area contributed by atoms with E-state index in [0.29, 0.717) is 41.7 Å². The number of carbonyl (C=O) groups excluding carboxylic acids is 2. The summed E-state index contributed by atoms with van der Waals surface area (Å²) in [6.45, 7) is 0.315. The second-order valence-corrected chi connectivity index (χ2v) is 16.1. The van der Waals surface area contributed by atoms with E-state index in [9.17, 15) is 14.7 Å². The molecule has 62 heavy (non-hydrogen) atoms. The van der Waals surface area contributed by atoms with Crippen molar-refractivity contribution in [2.45, 2.75) is 62.6 Å². The zero-order valence-corrected chi connectivity index (χ0v) is 34.9. The van der Waals surface area contributed by atoms with E-state index < -0.39 is 6.29 Å². The van der Waals surface area contributed by atoms with Crippen molar-refractivity contribution in [2.75, 3.05) is 16.8 Å². The molecule has 314 valence electrons. The Kier molecular flexibility index (Phi) is 13.9. The third kappa shape index (κ3) is 10.7. The summed E-state index contributed by atoms with van der Waals surface area (Å²) in [5.74, 6) is 0.999. The molecule has 8 rings (SSSR count). The number of nitrogens with zero attached hydrogens (tertiary/aromatic N) is 1. The Labute approximate surface area is 365 Å². The van der Waals surface area contributed by atoms with Crippen LogP contribution in [0.3, 0.4) is 0 Å². The highest BCUT2D eigenvalue weighted by atomic mass is 32.2. The first-order chi connectivity index (χ1) is 30.4. The Morgan fingerprint density at radius 2 is 1.37 bits per heavy atom. The van der Waals surface area contributed by atoms with E-state index in [1.165, 1.54) is 11.8 Å². The summed E-state index contributed by atoms with van der Waals surface area (Å²) in [5, 5.41) is 16.1. The predicted molar refractivity (Wildman–Crippen MR) is 244 cm³/mol. The normalized spacial score (nSPS) is 16.1. The van der Waals surface area contributed by atoms with Gasteiger partial charge in [0.05, 0.1) is 30.2 Å². The zero-order chi connectivity index (χ0) is 42.7. The van der Waals surface area contributed by atoms with Gasteiger partial charge in [0.1, 0.15) is 5.69 Å². The number of oxazole rings is 1. The van der Waals surface area contributed by atoms with Crippen LogP contribution in [0.1, 0.15) is 60.3 Å². The Morgan fingerprint density at radius 3 is 2.11 bits per heavy atom. The first-order valence-electron chi connectivity index (χ1n) is 20.7. The van der Waals surface area contributed by atoms with Crippen molar-refractivity contribution in [1.29, 1.82) is 0 Å². The van der Waals surface area contributed by atoms with Crippen molar-refractivity contribution in [3.8, 4) is 33.7 Å². The highest BCUT2D eigenvalue weighted by molar-refractivity contribution is 7.99. The quantitative estimate of drug-likeness (QED) is 0.0551. The number of thioether (sulfide) groups is 1. The third-order valence-electron chi connectivity index (χ3n) is 10.7. The van der Waals surface area contributed by atoms with E-state index in [-0.39, 0.29) is 43.5 Å². The molecule has 11 heteroatoms. The number of ether oxygens (including phenoxy) is 2. The number of nitrogen functional groups attached to an aromatic ring is 1. The van der Waals surface area contributed by atoms with E-state index in [0.717, 1.165) is 56.0 Å². The van der Waals surface area contributed by atoms with Crippen molar-refractivity contribution in [1.82, 2.24) is 10.3 Å². The molecule has 2 heterocycles. The van der Waals surface area contributed by atoms with Crippen LogP contribution in [0.25, 0.3) is 33.7 Å². The van der Waals surface area contributed by atoms with E-state index in [1.807, 2.05) is 140 Å². The summed E-state index contributed by atoms with van der Waals surface area (Å²) in [5.41, 5.74) is 15.4. The van der Waals surface area contributed by atoms with Gasteiger partial charge in [-0.3, -0.25) is 9.59 Å². The van der Waals surface area contributed by atoms with Crippen molar-refractivity contribution in [3.05, 3.63) is 180 Å². The number of nitrogens with two attached hydrogens (primary N) is 1. The van der Waals surface area contributed by atoms with Crippen LogP contribution in [-0.2, 0) is 32.2 Å². The maximum atomic E-state index is 12.8. The lowest BCUT2D eigenvalue weighted by molar-refractivity contribution is -0.245. The van der Waals surface area contributed by atoms with Crippen LogP contribution >= 0.6 is 11.8 Å². The van der Waals surface area contributed by atoms with E-state index in [2.05, 4.69) is 10.6 Å². The number of aliphatic hydroxyl groups excluding tert-OH is 1. The standard InChI is InChI=1S/C51H48N4O6S/c52-43-18-9-10-19-44(43)54-47(58)21-11-20-46(57)53-31-40-16-7-8-17-42(40)35-26-28-39(29-27-35)50-59-41(30-45(60-50)36-24-22-34(32-56)23-25-36)33-62-51-55-48(37-12-3-1-4-13-37)49(61-51)38-14-5-2-6-15-38/h1-10,12-19,22-29,41,45,50,56H,11,20-21,30-33,52H2,(H,53,57)(H,54,58)/t41-,45+,50+/m0/s1. The van der Waals surface area contributed by atoms with Crippen LogP contribution in [-0.4, -0.2) is 33.8 Å². The van der Waals surface area contributed by atoms with Crippen LogP contribution in [0.4, 0.5) is 11.4 Å². The number of amides is 2. The zero-order valence-electron chi connectivity index (χ0n) is 34.1. The molecule has 0 aliphatic carbocycles. The van der Waals surface area contributed by atoms with E-state index in [1.54, 1.807) is 18.2 Å². The lowest BCUT2D eigenvalue weighted by Gasteiger charge is -2.36. The van der Waals surface area contributed by atoms with Gasteiger partial charge in [0.2, 0.25) is 11.8 Å². The SMILES string of the molecule is Nc1ccccc1NC(=O)CCCC(=O)NCc1ccccc1-c1ccc([C@@H]2O[C@H](CSc3nc(-c4ccccc4)c(-c4ccccc4)o3)C[C@H](c3ccc(CO)cc3)O2)cc1. The minimum Gasteiger partial charge on any atom is -0.431 e. The highest BCUT2D eigenvalue weighted by Gasteiger charge is 2.33. The molecule has 1 aliphatic heterocycles. The summed E-state index contributed by atoms with van der Waals surface area (Å²) in [4.78, 5) is 30.2. The van der Waals surface area contributed by atoms with Gasteiger partial charge in [-0.1, -0.05) is 157 Å². The molecule has 3 atom stereocenters. The fraction of sp³-hybridized carbons (Fsp3) is 0.196. The lowest BCUT2D eigenvalue weighted by atomic mass is 9.97. The first-order valence-corrected chi connectivity index (χ1v) is 21.7. The molecule has 0 unspecified atom stereocenters. The number of anilines is 2. The molecule has 0 saturated carbocycles. The van der Waals surface area contributed by atoms with Crippen LogP contribution < -0.4 is 16.4 Å². The second-order valence-electron chi connectivity index (χ2n) is 15.1. The predicted octanol–water partition coefficient (Wildman–Crippen LogP) is 10.5. The summed E-state index contributed by atoms with van der Waals surface area (Å²) in [6.07, 6.45) is 0.374. The summed E-state index contributed by atoms with van der Waals surface area (Å²) in [6, 6.07) is 51.2. The smallest absolute Gasteiger partial charge is 0.256 e. The Hall–Kier alpha value is -6.50. The van der Waals surface area contributed by atoms with Crippen LogP contribution in [0.15, 0.2) is 167 Å². The van der Waals surface area contributed by atoms with Gasteiger partial charge in [-0.15, -0.1) is 0 Å². The number of hydrogen-bond donors (Lipinski definition) is 4. The van der Waals surface area contributed by atoms with Crippen LogP contribution in [0.2, 0.25) is 0 Å². The molecule has 1 saturated heterocycles. The molecule has 1 aromatic heterocycles. The molecule has 5 N–H and O–H groups in total. The molecule has 6 aromatic carbocycles. The molecule has 1 aliphatic rings.